The lowest BCUT2D eigenvalue weighted by molar-refractivity contribution is -0.132. The van der Waals surface area contributed by atoms with E-state index in [2.05, 4.69) is 4.90 Å². The number of ketones is 1. The SMILES string of the molecule is CN(CCCCCO)CC1C(=O)C(C)(C)OC1(C)C. The Hall–Kier alpha value is -0.450. The summed E-state index contributed by atoms with van der Waals surface area (Å²) in [6, 6.07) is 0. The molecule has 0 aromatic carbocycles. The lowest BCUT2D eigenvalue weighted by atomic mass is 9.85. The van der Waals surface area contributed by atoms with Crippen LogP contribution >= 0.6 is 0 Å². The van der Waals surface area contributed by atoms with Crippen LogP contribution in [-0.2, 0) is 9.53 Å². The number of carbonyl (C=O) groups is 1. The van der Waals surface area contributed by atoms with Gasteiger partial charge in [0.15, 0.2) is 5.78 Å². The zero-order valence-corrected chi connectivity index (χ0v) is 13.0. The molecule has 1 heterocycles. The van der Waals surface area contributed by atoms with E-state index in [0.717, 1.165) is 32.4 Å². The van der Waals surface area contributed by atoms with Crippen LogP contribution < -0.4 is 0 Å². The average molecular weight is 271 g/mol. The third-order valence-corrected chi connectivity index (χ3v) is 3.96. The van der Waals surface area contributed by atoms with Gasteiger partial charge >= 0.3 is 0 Å². The molecule has 0 bridgehead atoms. The molecule has 0 aromatic heterocycles. The molecule has 0 radical (unpaired) electrons. The Morgan fingerprint density at radius 1 is 1.21 bits per heavy atom. The fraction of sp³-hybridized carbons (Fsp3) is 0.933. The summed E-state index contributed by atoms with van der Waals surface area (Å²) in [6.07, 6.45) is 2.95. The van der Waals surface area contributed by atoms with Crippen molar-refractivity contribution in [2.45, 2.75) is 58.2 Å². The number of aliphatic hydroxyl groups is 1. The van der Waals surface area contributed by atoms with E-state index < -0.39 is 5.60 Å². The number of ether oxygens (including phenoxy) is 1. The van der Waals surface area contributed by atoms with Gasteiger partial charge in [0.1, 0.15) is 5.60 Å². The van der Waals surface area contributed by atoms with E-state index in [1.54, 1.807) is 0 Å². The molecule has 0 spiro atoms. The maximum atomic E-state index is 12.4. The van der Waals surface area contributed by atoms with Crippen LogP contribution in [0.2, 0.25) is 0 Å². The molecule has 1 N–H and O–H groups in total. The summed E-state index contributed by atoms with van der Waals surface area (Å²) in [4.78, 5) is 14.6. The van der Waals surface area contributed by atoms with Crippen molar-refractivity contribution in [1.82, 2.24) is 4.90 Å². The van der Waals surface area contributed by atoms with Crippen LogP contribution in [-0.4, -0.2) is 53.7 Å². The summed E-state index contributed by atoms with van der Waals surface area (Å²) >= 11 is 0. The normalized spacial score (nSPS) is 25.2. The van der Waals surface area contributed by atoms with E-state index in [-0.39, 0.29) is 23.9 Å². The molecular formula is C15H29NO3. The summed E-state index contributed by atoms with van der Waals surface area (Å²) in [6.45, 7) is 9.69. The number of aliphatic hydroxyl groups excluding tert-OH is 1. The Kier molecular flexibility index (Phi) is 5.53. The predicted molar refractivity (Wildman–Crippen MR) is 76.2 cm³/mol. The third-order valence-electron chi connectivity index (χ3n) is 3.96. The molecule has 1 aliphatic rings. The number of carbonyl (C=O) groups excluding carboxylic acids is 1. The fourth-order valence-electron chi connectivity index (χ4n) is 2.89. The first-order valence-electron chi connectivity index (χ1n) is 7.24. The highest BCUT2D eigenvalue weighted by Gasteiger charge is 2.53. The second kappa shape index (κ2) is 6.33. The number of unbranched alkanes of at least 4 members (excludes halogenated alkanes) is 2. The Bertz CT molecular complexity index is 313. The van der Waals surface area contributed by atoms with Gasteiger partial charge in [0, 0.05) is 13.2 Å². The molecule has 19 heavy (non-hydrogen) atoms. The van der Waals surface area contributed by atoms with Gasteiger partial charge in [-0.2, -0.15) is 0 Å². The first-order valence-corrected chi connectivity index (χ1v) is 7.24. The van der Waals surface area contributed by atoms with E-state index in [4.69, 9.17) is 9.84 Å². The van der Waals surface area contributed by atoms with Gasteiger partial charge in [-0.05, 0) is 60.5 Å². The number of rotatable bonds is 7. The molecule has 1 atom stereocenters. The van der Waals surface area contributed by atoms with E-state index in [9.17, 15) is 4.79 Å². The smallest absolute Gasteiger partial charge is 0.171 e. The van der Waals surface area contributed by atoms with Gasteiger partial charge < -0.3 is 14.7 Å². The molecule has 4 heteroatoms. The highest BCUT2D eigenvalue weighted by atomic mass is 16.5. The van der Waals surface area contributed by atoms with Gasteiger partial charge in [-0.1, -0.05) is 0 Å². The number of hydrogen-bond acceptors (Lipinski definition) is 4. The first kappa shape index (κ1) is 16.6. The summed E-state index contributed by atoms with van der Waals surface area (Å²) in [5.41, 5.74) is -1.05. The van der Waals surface area contributed by atoms with Crippen LogP contribution in [0.25, 0.3) is 0 Å². The van der Waals surface area contributed by atoms with Crippen LogP contribution in [0.5, 0.6) is 0 Å². The van der Waals surface area contributed by atoms with Crippen LogP contribution in [0.1, 0.15) is 47.0 Å². The van der Waals surface area contributed by atoms with Crippen molar-refractivity contribution in [2.75, 3.05) is 26.7 Å². The van der Waals surface area contributed by atoms with Gasteiger partial charge in [-0.3, -0.25) is 4.79 Å². The van der Waals surface area contributed by atoms with E-state index >= 15 is 0 Å². The van der Waals surface area contributed by atoms with Gasteiger partial charge in [-0.25, -0.2) is 0 Å². The fourth-order valence-corrected chi connectivity index (χ4v) is 2.89. The Balaban J connectivity index is 2.49. The highest BCUT2D eigenvalue weighted by Crippen LogP contribution is 2.39. The van der Waals surface area contributed by atoms with Crippen molar-refractivity contribution in [3.63, 3.8) is 0 Å². The van der Waals surface area contributed by atoms with E-state index in [0.29, 0.717) is 0 Å². The van der Waals surface area contributed by atoms with Crippen molar-refractivity contribution in [3.8, 4) is 0 Å². The summed E-state index contributed by atoms with van der Waals surface area (Å²) in [5, 5.41) is 8.75. The highest BCUT2D eigenvalue weighted by molar-refractivity contribution is 5.91. The minimum Gasteiger partial charge on any atom is -0.396 e. The molecule has 0 amide bonds. The van der Waals surface area contributed by atoms with Crippen LogP contribution in [0, 0.1) is 5.92 Å². The minimum atomic E-state index is -0.661. The first-order chi connectivity index (χ1) is 8.70. The third kappa shape index (κ3) is 4.26. The zero-order valence-electron chi connectivity index (χ0n) is 13.0. The molecule has 112 valence electrons. The number of Topliss-reactive ketones (excluding diaryl/α,β-unsaturated/α-hetero) is 1. The lowest BCUT2D eigenvalue weighted by Crippen LogP contribution is -2.40. The molecule has 4 nitrogen and oxygen atoms in total. The molecule has 0 aromatic rings. The second-order valence-electron chi connectivity index (χ2n) is 6.68. The van der Waals surface area contributed by atoms with Gasteiger partial charge in [0.05, 0.1) is 11.5 Å². The van der Waals surface area contributed by atoms with Crippen molar-refractivity contribution < 1.29 is 14.6 Å². The molecular weight excluding hydrogens is 242 g/mol. The van der Waals surface area contributed by atoms with Crippen LogP contribution in [0.3, 0.4) is 0 Å². The van der Waals surface area contributed by atoms with Crippen molar-refractivity contribution in [1.29, 1.82) is 0 Å². The number of hydrogen-bond donors (Lipinski definition) is 1. The van der Waals surface area contributed by atoms with Crippen molar-refractivity contribution in [2.24, 2.45) is 5.92 Å². The number of nitrogens with zero attached hydrogens (tertiary/aromatic N) is 1. The van der Waals surface area contributed by atoms with Crippen molar-refractivity contribution >= 4 is 5.78 Å². The molecule has 0 saturated carbocycles. The topological polar surface area (TPSA) is 49.8 Å². The van der Waals surface area contributed by atoms with Crippen LogP contribution in [0.4, 0.5) is 0 Å². The Morgan fingerprint density at radius 2 is 1.84 bits per heavy atom. The lowest BCUT2D eigenvalue weighted by Gasteiger charge is -2.28. The zero-order chi connectivity index (χ0) is 14.7. The Morgan fingerprint density at radius 3 is 2.32 bits per heavy atom. The molecule has 1 fully saturated rings. The summed E-state index contributed by atoms with van der Waals surface area (Å²) in [7, 11) is 2.05. The molecule has 1 saturated heterocycles. The molecule has 1 unspecified atom stereocenters. The summed E-state index contributed by atoms with van der Waals surface area (Å²) in [5.74, 6) is 0.144. The Labute approximate surface area is 117 Å². The standard InChI is InChI=1S/C15H29NO3/c1-14(2)12(13(18)15(3,4)19-14)11-16(5)9-7-6-8-10-17/h12,17H,6-11H2,1-5H3. The average Bonchev–Trinajstić information content (AvgIpc) is 2.43. The van der Waals surface area contributed by atoms with Gasteiger partial charge in [-0.15, -0.1) is 0 Å². The maximum Gasteiger partial charge on any atom is 0.171 e. The van der Waals surface area contributed by atoms with Crippen molar-refractivity contribution in [3.05, 3.63) is 0 Å². The largest absolute Gasteiger partial charge is 0.396 e. The molecule has 1 rings (SSSR count). The van der Waals surface area contributed by atoms with Gasteiger partial charge in [0.25, 0.3) is 0 Å². The van der Waals surface area contributed by atoms with Gasteiger partial charge in [0.2, 0.25) is 0 Å². The molecule has 1 aliphatic heterocycles. The van der Waals surface area contributed by atoms with E-state index in [1.807, 2.05) is 34.7 Å². The monoisotopic (exact) mass is 271 g/mol. The predicted octanol–water partition coefficient (Wildman–Crippen LogP) is 1.85. The van der Waals surface area contributed by atoms with Crippen LogP contribution in [0.15, 0.2) is 0 Å². The van der Waals surface area contributed by atoms with E-state index in [1.165, 1.54) is 0 Å². The minimum absolute atomic E-state index is 0.0645. The summed E-state index contributed by atoms with van der Waals surface area (Å²) < 4.78 is 5.90. The second-order valence-corrected chi connectivity index (χ2v) is 6.68. The maximum absolute atomic E-state index is 12.4. The molecule has 0 aliphatic carbocycles. The quantitative estimate of drug-likeness (QED) is 0.718.